The number of carbonyl (C=O) groups excluding carboxylic acids is 2. The predicted octanol–water partition coefficient (Wildman–Crippen LogP) is 6.34. The van der Waals surface area contributed by atoms with Crippen LogP contribution in [0, 0.1) is 6.92 Å². The molecule has 0 aliphatic heterocycles. The Morgan fingerprint density at radius 3 is 2.03 bits per heavy atom. The normalized spacial score (nSPS) is 11.1. The van der Waals surface area contributed by atoms with Gasteiger partial charge >= 0.3 is 0 Å². The van der Waals surface area contributed by atoms with Crippen LogP contribution in [-0.4, -0.2) is 22.2 Å². The molecule has 33 heavy (non-hydrogen) atoms. The van der Waals surface area contributed by atoms with E-state index in [1.807, 2.05) is 31.2 Å². The van der Waals surface area contributed by atoms with Gasteiger partial charge in [0, 0.05) is 13.5 Å². The van der Waals surface area contributed by atoms with E-state index in [-0.39, 0.29) is 11.6 Å². The molecule has 3 aromatic rings. The van der Waals surface area contributed by atoms with Gasteiger partial charge in [0.2, 0.25) is 0 Å². The van der Waals surface area contributed by atoms with E-state index >= 15 is 0 Å². The van der Waals surface area contributed by atoms with Crippen molar-refractivity contribution in [1.82, 2.24) is 4.98 Å². The Morgan fingerprint density at radius 2 is 1.61 bits per heavy atom. The van der Waals surface area contributed by atoms with Crippen molar-refractivity contribution >= 4 is 22.9 Å². The number of carbonyl (C=O) groups is 2. The maximum atomic E-state index is 11.3. The minimum atomic E-state index is -0.774. The molecule has 3 rings (SSSR count). The SMILES string of the molecule is CC(=O)C(C)(C)Oc1ccc(CN)cc1.CC(=O)c1nc(C)c(-c2ccc(C(C)C)cc2)s1. The molecule has 5 nitrogen and oxygen atoms in total. The standard InChI is InChI=1S/C15H17NOS.C12H17NO2/c1-9(2)12-5-7-13(8-6-12)14-10(3)16-15(18-14)11(4)17;1-9(14)12(2,3)15-11-6-4-10(8-13)5-7-11/h5-9H,1-4H3;4-7H,8,13H2,1-3H3. The summed E-state index contributed by atoms with van der Waals surface area (Å²) in [6.07, 6.45) is 0. The molecule has 0 amide bonds. The molecule has 0 aliphatic carbocycles. The second-order valence-electron chi connectivity index (χ2n) is 8.78. The van der Waals surface area contributed by atoms with Gasteiger partial charge in [-0.1, -0.05) is 50.2 Å². The molecule has 0 saturated carbocycles. The van der Waals surface area contributed by atoms with Crippen LogP contribution in [0.4, 0.5) is 0 Å². The van der Waals surface area contributed by atoms with Crippen molar-refractivity contribution in [2.24, 2.45) is 5.73 Å². The van der Waals surface area contributed by atoms with E-state index in [4.69, 9.17) is 10.5 Å². The number of aromatic nitrogens is 1. The quantitative estimate of drug-likeness (QED) is 0.411. The molecule has 1 aromatic heterocycles. The average molecular weight is 467 g/mol. The maximum Gasteiger partial charge on any atom is 0.188 e. The number of Topliss-reactive ketones (excluding diaryl/α,β-unsaturated/α-hetero) is 2. The van der Waals surface area contributed by atoms with Crippen molar-refractivity contribution in [3.8, 4) is 16.2 Å². The number of hydrogen-bond acceptors (Lipinski definition) is 6. The monoisotopic (exact) mass is 466 g/mol. The number of nitrogens with zero attached hydrogens (tertiary/aromatic N) is 1. The molecule has 0 unspecified atom stereocenters. The van der Waals surface area contributed by atoms with Crippen LogP contribution in [0.3, 0.4) is 0 Å². The van der Waals surface area contributed by atoms with Gasteiger partial charge < -0.3 is 10.5 Å². The molecule has 1 heterocycles. The highest BCUT2D eigenvalue weighted by Gasteiger charge is 2.25. The van der Waals surface area contributed by atoms with Gasteiger partial charge in [0.1, 0.15) is 5.75 Å². The van der Waals surface area contributed by atoms with Crippen LogP contribution in [0.2, 0.25) is 0 Å². The summed E-state index contributed by atoms with van der Waals surface area (Å²) in [7, 11) is 0. The van der Waals surface area contributed by atoms with Gasteiger partial charge in [-0.2, -0.15) is 0 Å². The number of ether oxygens (including phenoxy) is 1. The lowest BCUT2D eigenvalue weighted by Crippen LogP contribution is -2.36. The van der Waals surface area contributed by atoms with Gasteiger partial charge in [-0.15, -0.1) is 11.3 Å². The summed E-state index contributed by atoms with van der Waals surface area (Å²) >= 11 is 1.47. The number of benzene rings is 2. The second-order valence-corrected chi connectivity index (χ2v) is 9.78. The average Bonchev–Trinajstić information content (AvgIpc) is 3.16. The predicted molar refractivity (Wildman–Crippen MR) is 136 cm³/mol. The Morgan fingerprint density at radius 1 is 1.03 bits per heavy atom. The van der Waals surface area contributed by atoms with Crippen molar-refractivity contribution in [3.63, 3.8) is 0 Å². The largest absolute Gasteiger partial charge is 0.480 e. The third-order valence-corrected chi connectivity index (χ3v) is 6.62. The zero-order valence-electron chi connectivity index (χ0n) is 20.6. The number of ketones is 2. The number of aryl methyl sites for hydroxylation is 1. The van der Waals surface area contributed by atoms with E-state index in [2.05, 4.69) is 43.1 Å². The number of thiazole rings is 1. The first kappa shape index (κ1) is 26.4. The Balaban J connectivity index is 0.000000238. The highest BCUT2D eigenvalue weighted by molar-refractivity contribution is 7.17. The Bertz CT molecular complexity index is 1080. The molecule has 0 bridgehead atoms. The third-order valence-electron chi connectivity index (χ3n) is 5.32. The first-order chi connectivity index (χ1) is 15.4. The number of nitrogens with two attached hydrogens (primary N) is 1. The van der Waals surface area contributed by atoms with Crippen LogP contribution in [-0.2, 0) is 11.3 Å². The van der Waals surface area contributed by atoms with E-state index in [1.54, 1.807) is 20.8 Å². The first-order valence-corrected chi connectivity index (χ1v) is 11.8. The lowest BCUT2D eigenvalue weighted by molar-refractivity contribution is -0.129. The van der Waals surface area contributed by atoms with Gasteiger partial charge in [0.25, 0.3) is 0 Å². The minimum absolute atomic E-state index is 0.00500. The third kappa shape index (κ3) is 7.34. The number of rotatable bonds is 7. The van der Waals surface area contributed by atoms with Crippen LogP contribution >= 0.6 is 11.3 Å². The van der Waals surface area contributed by atoms with E-state index < -0.39 is 5.60 Å². The van der Waals surface area contributed by atoms with Crippen molar-refractivity contribution < 1.29 is 14.3 Å². The fourth-order valence-electron chi connectivity index (χ4n) is 2.89. The maximum absolute atomic E-state index is 11.3. The van der Waals surface area contributed by atoms with Crippen LogP contribution < -0.4 is 10.5 Å². The van der Waals surface area contributed by atoms with Gasteiger partial charge in [0.15, 0.2) is 22.2 Å². The smallest absolute Gasteiger partial charge is 0.188 e. The summed E-state index contributed by atoms with van der Waals surface area (Å²) in [5.74, 6) is 1.26. The Hall–Kier alpha value is -2.83. The molecular weight excluding hydrogens is 432 g/mol. The molecule has 0 saturated heterocycles. The lowest BCUT2D eigenvalue weighted by Gasteiger charge is -2.23. The molecule has 0 fully saturated rings. The molecule has 0 atom stereocenters. The van der Waals surface area contributed by atoms with Gasteiger partial charge in [-0.3, -0.25) is 9.59 Å². The summed E-state index contributed by atoms with van der Waals surface area (Å²) in [4.78, 5) is 28.0. The fourth-order valence-corrected chi connectivity index (χ4v) is 3.86. The summed E-state index contributed by atoms with van der Waals surface area (Å²) in [6, 6.07) is 16.0. The van der Waals surface area contributed by atoms with Crippen LogP contribution in [0.25, 0.3) is 10.4 Å². The van der Waals surface area contributed by atoms with Gasteiger partial charge in [0.05, 0.1) is 10.6 Å². The lowest BCUT2D eigenvalue weighted by atomic mass is 10.0. The molecule has 0 radical (unpaired) electrons. The van der Waals surface area contributed by atoms with Crippen LogP contribution in [0.1, 0.15) is 74.1 Å². The van der Waals surface area contributed by atoms with Crippen molar-refractivity contribution in [1.29, 1.82) is 0 Å². The molecule has 6 heteroatoms. The van der Waals surface area contributed by atoms with E-state index in [0.717, 1.165) is 21.7 Å². The molecule has 176 valence electrons. The number of hydrogen-bond donors (Lipinski definition) is 1. The molecule has 2 aromatic carbocycles. The fraction of sp³-hybridized carbons (Fsp3) is 0.370. The highest BCUT2D eigenvalue weighted by atomic mass is 32.1. The Kier molecular flexibility index (Phi) is 9.08. The topological polar surface area (TPSA) is 82.3 Å². The molecule has 0 aliphatic rings. The van der Waals surface area contributed by atoms with E-state index in [1.165, 1.54) is 23.8 Å². The highest BCUT2D eigenvalue weighted by Crippen LogP contribution is 2.31. The summed E-state index contributed by atoms with van der Waals surface area (Å²) in [6.45, 7) is 13.4. The van der Waals surface area contributed by atoms with E-state index in [0.29, 0.717) is 23.2 Å². The summed E-state index contributed by atoms with van der Waals surface area (Å²) in [5.41, 5.74) is 9.15. The molecule has 0 spiro atoms. The zero-order chi connectivity index (χ0) is 24.8. The van der Waals surface area contributed by atoms with Crippen LogP contribution in [0.15, 0.2) is 48.5 Å². The Labute approximate surface area is 201 Å². The minimum Gasteiger partial charge on any atom is -0.480 e. The first-order valence-electron chi connectivity index (χ1n) is 11.0. The summed E-state index contributed by atoms with van der Waals surface area (Å²) < 4.78 is 5.57. The molecular formula is C27H34N2O3S. The van der Waals surface area contributed by atoms with Crippen LogP contribution in [0.5, 0.6) is 5.75 Å². The zero-order valence-corrected chi connectivity index (χ0v) is 21.4. The van der Waals surface area contributed by atoms with E-state index in [9.17, 15) is 9.59 Å². The van der Waals surface area contributed by atoms with Crippen molar-refractivity contribution in [2.75, 3.05) is 0 Å². The van der Waals surface area contributed by atoms with Gasteiger partial charge in [-0.25, -0.2) is 4.98 Å². The molecule has 2 N–H and O–H groups in total. The van der Waals surface area contributed by atoms with Gasteiger partial charge in [-0.05, 0) is 62.4 Å². The van der Waals surface area contributed by atoms with Crippen molar-refractivity contribution in [2.45, 2.75) is 66.5 Å². The second kappa shape index (κ2) is 11.3. The summed E-state index contributed by atoms with van der Waals surface area (Å²) in [5, 5.41) is 0.593. The van der Waals surface area contributed by atoms with Crippen molar-refractivity contribution in [3.05, 3.63) is 70.4 Å².